The number of carboxylic acid groups (broad SMARTS) is 1. The quantitative estimate of drug-likeness (QED) is 0.0128. The van der Waals surface area contributed by atoms with E-state index in [0.29, 0.717) is 61.5 Å². The summed E-state index contributed by atoms with van der Waals surface area (Å²) in [5.41, 5.74) is 26.9. The minimum absolute atomic E-state index is 0. The van der Waals surface area contributed by atoms with Gasteiger partial charge in [-0.1, -0.05) is 151 Å². The summed E-state index contributed by atoms with van der Waals surface area (Å²) in [4.78, 5) is 49.8. The Bertz CT molecular complexity index is 4200. The smallest absolute Gasteiger partial charge is 0.870 e. The van der Waals surface area contributed by atoms with Crippen LogP contribution in [0.25, 0.3) is 26.4 Å². The Labute approximate surface area is 611 Å². The molecule has 100 heavy (non-hydrogen) atoms. The minimum Gasteiger partial charge on any atom is -0.870 e. The van der Waals surface area contributed by atoms with E-state index >= 15 is 0 Å². The Morgan fingerprint density at radius 3 is 1.01 bits per heavy atom. The summed E-state index contributed by atoms with van der Waals surface area (Å²) in [6.07, 6.45) is 0. The topological polar surface area (TPSA) is 377 Å². The molecule has 4 aromatic heterocycles. The van der Waals surface area contributed by atoms with Gasteiger partial charge in [-0.15, -0.1) is 20.4 Å². The monoisotopic (exact) mass is 1450 g/mol. The molecular weight excluding hydrogens is 1390 g/mol. The summed E-state index contributed by atoms with van der Waals surface area (Å²) < 4.78 is 99.7. The molecule has 0 aliphatic heterocycles. The van der Waals surface area contributed by atoms with Gasteiger partial charge >= 0.3 is 72.3 Å². The van der Waals surface area contributed by atoms with Crippen LogP contribution in [0.1, 0.15) is 119 Å². The molecule has 27 nitrogen and oxygen atoms in total. The van der Waals surface area contributed by atoms with Crippen LogP contribution < -0.4 is 48.4 Å². The number of hydrogen-bond acceptors (Lipinski definition) is 17. The SMILES string of the molecule is CCOC(=O)c1c(C)nnn1Cc1ccccc1F.CCOC(=O)c1nnn(Cc2ccccc2F)c1C.CCOC(=O)c1nnn(Cc2ccccc2F)c1C.Cc1c(C(=O)O)nnn1Cc1ccccc1F.Fc1ccccc1CBr.[Li+].[N-]=[N+]=NCc1ccccc1F.[N-]=[N+]=[N-].[Na+].[OH-]. The fourth-order valence-electron chi connectivity index (χ4n) is 7.96. The molecule has 0 bridgehead atoms. The average Bonchev–Trinajstić information content (AvgIpc) is 1.69. The van der Waals surface area contributed by atoms with Crippen LogP contribution >= 0.6 is 15.9 Å². The van der Waals surface area contributed by atoms with Gasteiger partial charge in [-0.2, -0.15) is 0 Å². The summed E-state index contributed by atoms with van der Waals surface area (Å²) in [5.74, 6) is -4.45. The summed E-state index contributed by atoms with van der Waals surface area (Å²) >= 11 is 3.17. The average molecular weight is 1450 g/mol. The van der Waals surface area contributed by atoms with Crippen LogP contribution in [-0.2, 0) is 52.3 Å². The number of carbonyl (C=O) groups is 4. The molecule has 0 atom stereocenters. The van der Waals surface area contributed by atoms with Gasteiger partial charge in [0.2, 0.25) is 0 Å². The number of aromatic nitrogens is 12. The standard InChI is InChI=1S/3C13H14FN3O2.C11H10FN3O2.C7H6BrF.C7H6FN3.Li.N3.Na.H2O/c2*1-3-19-13(18)12-9(2)17(16-15-12)8-10-6-4-5-7-11(10)14;1-3-19-13(18)12-9(2)15-16-17(12)8-10-6-4-5-7-11(10)14;1-7-10(11(16)17)13-14-15(7)6-8-4-2-3-5-9(8)12;8-5-6-3-1-2-4-7(6)9;8-7-4-2-1-3-6(7)5-10-11-9;;1-3-2;;/h3*4-7H,3,8H2,1-2H3;2-5H,6H2,1H3,(H,16,17);1-4H,5H2;1-4H,5H2;;;;1H2/q;;;;;;+1;-1;+1;/p-1. The molecule has 0 fully saturated rings. The zero-order valence-electron chi connectivity index (χ0n) is 55.7. The summed E-state index contributed by atoms with van der Waals surface area (Å²) in [6.45, 7) is 13.5. The molecular formula is C64H65BrF6LiN18NaO9. The molecule has 0 aliphatic carbocycles. The first-order chi connectivity index (χ1) is 46.6. The number of azide groups is 1. The van der Waals surface area contributed by atoms with Gasteiger partial charge in [0.1, 0.15) is 34.9 Å². The van der Waals surface area contributed by atoms with E-state index < -0.39 is 23.9 Å². The number of hydrogen-bond donors (Lipinski definition) is 1. The Balaban J connectivity index is 0.000000600. The third-order valence-electron chi connectivity index (χ3n) is 12.9. The predicted molar refractivity (Wildman–Crippen MR) is 346 cm³/mol. The predicted octanol–water partition coefficient (Wildman–Crippen LogP) is 7.38. The van der Waals surface area contributed by atoms with E-state index in [2.05, 4.69) is 67.2 Å². The number of nitrogens with zero attached hydrogens (tertiary/aromatic N) is 18. The molecule has 0 amide bonds. The largest absolute Gasteiger partial charge is 1.00 e. The second-order valence-electron chi connectivity index (χ2n) is 19.4. The second-order valence-corrected chi connectivity index (χ2v) is 19.9. The molecule has 0 spiro atoms. The number of alkyl halides is 1. The van der Waals surface area contributed by atoms with Gasteiger partial charge in [0, 0.05) is 32.5 Å². The first kappa shape index (κ1) is 88.0. The van der Waals surface area contributed by atoms with Gasteiger partial charge in [0.05, 0.1) is 75.3 Å². The van der Waals surface area contributed by atoms with Crippen molar-refractivity contribution in [2.24, 2.45) is 5.11 Å². The van der Waals surface area contributed by atoms with Gasteiger partial charge < -0.3 is 35.9 Å². The van der Waals surface area contributed by atoms with E-state index in [9.17, 15) is 45.5 Å². The van der Waals surface area contributed by atoms with Crippen LogP contribution in [0.5, 0.6) is 0 Å². The van der Waals surface area contributed by atoms with Crippen LogP contribution in [0.4, 0.5) is 26.3 Å². The van der Waals surface area contributed by atoms with Crippen LogP contribution in [0, 0.1) is 62.6 Å². The van der Waals surface area contributed by atoms with Crippen molar-refractivity contribution in [1.29, 1.82) is 0 Å². The molecule has 0 radical (unpaired) electrons. The van der Waals surface area contributed by atoms with Crippen molar-refractivity contribution in [2.75, 3.05) is 19.8 Å². The van der Waals surface area contributed by atoms with Gasteiger partial charge in [-0.25, -0.2) is 64.2 Å². The molecule has 2 N–H and O–H groups in total. The number of aromatic carboxylic acids is 1. The minimum atomic E-state index is -1.14. The van der Waals surface area contributed by atoms with Crippen molar-refractivity contribution < 1.29 is 119 Å². The van der Waals surface area contributed by atoms with Crippen molar-refractivity contribution >= 4 is 39.8 Å². The number of benzene rings is 6. The Morgan fingerprint density at radius 2 is 0.730 bits per heavy atom. The van der Waals surface area contributed by atoms with Crippen LogP contribution in [0.2, 0.25) is 0 Å². The zero-order valence-corrected chi connectivity index (χ0v) is 59.3. The number of ether oxygens (including phenoxy) is 3. The third kappa shape index (κ3) is 27.7. The van der Waals surface area contributed by atoms with Crippen molar-refractivity contribution in [3.8, 4) is 0 Å². The fraction of sp³-hybridized carbons (Fsp3) is 0.250. The Kier molecular flexibility index (Phi) is 41.4. The Hall–Kier alpha value is -10.0. The van der Waals surface area contributed by atoms with Crippen molar-refractivity contribution in [3.05, 3.63) is 286 Å². The van der Waals surface area contributed by atoms with E-state index in [1.807, 2.05) is 6.07 Å². The van der Waals surface area contributed by atoms with Crippen LogP contribution in [0.15, 0.2) is 151 Å². The molecule has 516 valence electrons. The van der Waals surface area contributed by atoms with Gasteiger partial charge in [-0.3, -0.25) is 4.91 Å². The van der Waals surface area contributed by atoms with Crippen molar-refractivity contribution in [2.45, 2.75) is 86.5 Å². The molecule has 36 heteroatoms. The van der Waals surface area contributed by atoms with Crippen molar-refractivity contribution in [3.63, 3.8) is 0 Å². The molecule has 0 saturated carbocycles. The summed E-state index contributed by atoms with van der Waals surface area (Å²) in [7, 11) is 0. The number of carboxylic acids is 1. The van der Waals surface area contributed by atoms with Gasteiger partial charge in [0.25, 0.3) is 0 Å². The molecule has 10 aromatic rings. The Morgan fingerprint density at radius 1 is 0.460 bits per heavy atom. The number of aryl methyl sites for hydroxylation is 1. The molecule has 6 aromatic carbocycles. The summed E-state index contributed by atoms with van der Waals surface area (Å²) in [5, 5.41) is 42.8. The zero-order chi connectivity index (χ0) is 71.4. The van der Waals surface area contributed by atoms with E-state index in [4.69, 9.17) is 35.9 Å². The van der Waals surface area contributed by atoms with Crippen LogP contribution in [0.3, 0.4) is 0 Å². The molecule has 0 aliphatic rings. The molecule has 0 saturated heterocycles. The number of carbonyl (C=O) groups excluding carboxylic acids is 3. The van der Waals surface area contributed by atoms with Gasteiger partial charge in [0.15, 0.2) is 22.8 Å². The fourth-order valence-corrected chi connectivity index (χ4v) is 8.42. The summed E-state index contributed by atoms with van der Waals surface area (Å²) in [6, 6.07) is 38.4. The van der Waals surface area contributed by atoms with E-state index in [-0.39, 0.29) is 164 Å². The van der Waals surface area contributed by atoms with E-state index in [0.717, 1.165) is 0 Å². The third-order valence-corrected chi connectivity index (χ3v) is 13.5. The second kappa shape index (κ2) is 47.1. The van der Waals surface area contributed by atoms with Crippen LogP contribution in [-0.4, -0.2) is 114 Å². The van der Waals surface area contributed by atoms with Crippen molar-refractivity contribution in [1.82, 2.24) is 60.0 Å². The number of rotatable bonds is 18. The molecule has 0 unspecified atom stereocenters. The normalized spacial score (nSPS) is 9.66. The maximum absolute atomic E-state index is 13.6. The number of halogens is 7. The molecule has 4 heterocycles. The molecule has 10 rings (SSSR count). The maximum Gasteiger partial charge on any atom is 1.00 e. The maximum atomic E-state index is 13.6. The first-order valence-electron chi connectivity index (χ1n) is 28.9. The van der Waals surface area contributed by atoms with Gasteiger partial charge in [-0.05, 0) is 102 Å². The van der Waals surface area contributed by atoms with E-state index in [1.54, 1.807) is 152 Å². The van der Waals surface area contributed by atoms with E-state index in [1.165, 1.54) is 60.0 Å². The number of esters is 3. The first-order valence-corrected chi connectivity index (χ1v) is 30.0.